The van der Waals surface area contributed by atoms with E-state index in [4.69, 9.17) is 4.74 Å². The van der Waals surface area contributed by atoms with Gasteiger partial charge in [-0.1, -0.05) is 17.7 Å². The molecule has 0 bridgehead atoms. The fourth-order valence-electron chi connectivity index (χ4n) is 3.42. The highest BCUT2D eigenvalue weighted by molar-refractivity contribution is 5.43. The molecule has 1 saturated heterocycles. The second kappa shape index (κ2) is 7.75. The van der Waals surface area contributed by atoms with E-state index < -0.39 is 0 Å². The van der Waals surface area contributed by atoms with Gasteiger partial charge in [0.1, 0.15) is 0 Å². The van der Waals surface area contributed by atoms with Crippen LogP contribution in [0.4, 0.5) is 5.95 Å². The molecule has 7 nitrogen and oxygen atoms in total. The van der Waals surface area contributed by atoms with Gasteiger partial charge in [0, 0.05) is 57.4 Å². The summed E-state index contributed by atoms with van der Waals surface area (Å²) >= 11 is 0. The SMILES string of the molecule is COc1ccnc(N2CCN(Cc3cc(C)ccc3-n3cccn3)CC2)n1. The van der Waals surface area contributed by atoms with Crippen molar-refractivity contribution < 1.29 is 4.74 Å². The molecule has 1 aliphatic rings. The molecule has 0 aliphatic carbocycles. The normalized spacial score (nSPS) is 15.1. The van der Waals surface area contributed by atoms with Gasteiger partial charge in [-0.15, -0.1) is 0 Å². The molecule has 0 N–H and O–H groups in total. The van der Waals surface area contributed by atoms with Gasteiger partial charge in [-0.05, 0) is 24.6 Å². The quantitative estimate of drug-likeness (QED) is 0.692. The van der Waals surface area contributed by atoms with Crippen molar-refractivity contribution in [3.8, 4) is 11.6 Å². The maximum Gasteiger partial charge on any atom is 0.228 e. The van der Waals surface area contributed by atoms with Crippen LogP contribution in [0.5, 0.6) is 5.88 Å². The number of ether oxygens (including phenoxy) is 1. The van der Waals surface area contributed by atoms with Crippen LogP contribution in [0.25, 0.3) is 5.69 Å². The highest BCUT2D eigenvalue weighted by Gasteiger charge is 2.20. The lowest BCUT2D eigenvalue weighted by atomic mass is 10.1. The van der Waals surface area contributed by atoms with Gasteiger partial charge < -0.3 is 9.64 Å². The molecular weight excluding hydrogens is 340 g/mol. The third-order valence-corrected chi connectivity index (χ3v) is 4.86. The van der Waals surface area contributed by atoms with Gasteiger partial charge in [-0.3, -0.25) is 4.90 Å². The Labute approximate surface area is 159 Å². The van der Waals surface area contributed by atoms with Crippen molar-refractivity contribution in [3.05, 3.63) is 60.0 Å². The third-order valence-electron chi connectivity index (χ3n) is 4.86. The number of hydrogen-bond acceptors (Lipinski definition) is 6. The largest absolute Gasteiger partial charge is 0.481 e. The zero-order valence-electron chi connectivity index (χ0n) is 15.7. The van der Waals surface area contributed by atoms with E-state index >= 15 is 0 Å². The Morgan fingerprint density at radius 1 is 1.07 bits per heavy atom. The zero-order chi connectivity index (χ0) is 18.6. The van der Waals surface area contributed by atoms with Gasteiger partial charge in [-0.25, -0.2) is 9.67 Å². The molecule has 0 spiro atoms. The van der Waals surface area contributed by atoms with Crippen molar-refractivity contribution in [2.45, 2.75) is 13.5 Å². The number of nitrogens with zero attached hydrogens (tertiary/aromatic N) is 6. The first-order chi connectivity index (χ1) is 13.2. The van der Waals surface area contributed by atoms with Crippen molar-refractivity contribution >= 4 is 5.95 Å². The van der Waals surface area contributed by atoms with E-state index in [-0.39, 0.29) is 0 Å². The van der Waals surface area contributed by atoms with E-state index in [1.165, 1.54) is 11.1 Å². The highest BCUT2D eigenvalue weighted by atomic mass is 16.5. The Kier molecular flexibility index (Phi) is 5.02. The predicted octanol–water partition coefficient (Wildman–Crippen LogP) is 2.30. The number of anilines is 1. The van der Waals surface area contributed by atoms with Crippen LogP contribution in [0.3, 0.4) is 0 Å². The lowest BCUT2D eigenvalue weighted by Crippen LogP contribution is -2.46. The molecule has 2 aromatic heterocycles. The molecule has 1 aliphatic heterocycles. The number of rotatable bonds is 5. The molecule has 0 amide bonds. The van der Waals surface area contributed by atoms with Crippen molar-refractivity contribution in [2.24, 2.45) is 0 Å². The predicted molar refractivity (Wildman–Crippen MR) is 104 cm³/mol. The van der Waals surface area contributed by atoms with Gasteiger partial charge in [0.2, 0.25) is 11.8 Å². The molecule has 0 radical (unpaired) electrons. The molecule has 27 heavy (non-hydrogen) atoms. The number of aryl methyl sites for hydroxylation is 1. The summed E-state index contributed by atoms with van der Waals surface area (Å²) in [5.74, 6) is 1.34. The summed E-state index contributed by atoms with van der Waals surface area (Å²) in [7, 11) is 1.63. The molecule has 7 heteroatoms. The topological polar surface area (TPSA) is 59.3 Å². The van der Waals surface area contributed by atoms with Crippen molar-refractivity contribution in [2.75, 3.05) is 38.2 Å². The molecular formula is C20H24N6O. The lowest BCUT2D eigenvalue weighted by molar-refractivity contribution is 0.248. The Hall–Kier alpha value is -2.93. The minimum Gasteiger partial charge on any atom is -0.481 e. The standard InChI is InChI=1S/C20H24N6O/c1-16-4-5-18(26-9-3-7-22-26)17(14-16)15-24-10-12-25(13-11-24)20-21-8-6-19(23-20)27-2/h3-9,14H,10-13,15H2,1-2H3. The van der Waals surface area contributed by atoms with Gasteiger partial charge in [-0.2, -0.15) is 10.1 Å². The summed E-state index contributed by atoms with van der Waals surface area (Å²) in [5.41, 5.74) is 3.71. The Morgan fingerprint density at radius 3 is 2.67 bits per heavy atom. The van der Waals surface area contributed by atoms with E-state index in [0.29, 0.717) is 5.88 Å². The smallest absolute Gasteiger partial charge is 0.228 e. The van der Waals surface area contributed by atoms with Crippen molar-refractivity contribution in [1.82, 2.24) is 24.6 Å². The summed E-state index contributed by atoms with van der Waals surface area (Å²) in [6.07, 6.45) is 5.55. The maximum absolute atomic E-state index is 5.21. The molecule has 4 rings (SSSR count). The average Bonchev–Trinajstić information content (AvgIpc) is 3.23. The van der Waals surface area contributed by atoms with Crippen LogP contribution in [0.15, 0.2) is 48.9 Å². The molecule has 3 aromatic rings. The first-order valence-corrected chi connectivity index (χ1v) is 9.17. The molecule has 140 valence electrons. The van der Waals surface area contributed by atoms with E-state index in [0.717, 1.165) is 44.4 Å². The highest BCUT2D eigenvalue weighted by Crippen LogP contribution is 2.20. The van der Waals surface area contributed by atoms with Crippen LogP contribution < -0.4 is 9.64 Å². The van der Waals surface area contributed by atoms with E-state index in [1.807, 2.05) is 23.1 Å². The number of benzene rings is 1. The maximum atomic E-state index is 5.21. The lowest BCUT2D eigenvalue weighted by Gasteiger charge is -2.35. The molecule has 0 unspecified atom stereocenters. The summed E-state index contributed by atoms with van der Waals surface area (Å²) in [4.78, 5) is 13.5. The third kappa shape index (κ3) is 3.93. The van der Waals surface area contributed by atoms with Crippen molar-refractivity contribution in [3.63, 3.8) is 0 Å². The van der Waals surface area contributed by atoms with Crippen LogP contribution in [-0.4, -0.2) is 57.9 Å². The zero-order valence-corrected chi connectivity index (χ0v) is 15.7. The van der Waals surface area contributed by atoms with Gasteiger partial charge >= 0.3 is 0 Å². The van der Waals surface area contributed by atoms with E-state index in [1.54, 1.807) is 19.4 Å². The first kappa shape index (κ1) is 17.5. The fraction of sp³-hybridized carbons (Fsp3) is 0.350. The Morgan fingerprint density at radius 2 is 1.93 bits per heavy atom. The summed E-state index contributed by atoms with van der Waals surface area (Å²) in [6.45, 7) is 6.77. The molecule has 1 fully saturated rings. The van der Waals surface area contributed by atoms with E-state index in [2.05, 4.69) is 50.0 Å². The molecule has 1 aromatic carbocycles. The second-order valence-corrected chi connectivity index (χ2v) is 6.74. The molecule has 0 saturated carbocycles. The Balaban J connectivity index is 1.44. The monoisotopic (exact) mass is 364 g/mol. The van der Waals surface area contributed by atoms with Crippen molar-refractivity contribution in [1.29, 1.82) is 0 Å². The summed E-state index contributed by atoms with van der Waals surface area (Å²) < 4.78 is 7.15. The first-order valence-electron chi connectivity index (χ1n) is 9.17. The summed E-state index contributed by atoms with van der Waals surface area (Å²) in [5, 5.41) is 4.40. The van der Waals surface area contributed by atoms with Crippen LogP contribution in [0.2, 0.25) is 0 Å². The molecule has 0 atom stereocenters. The van der Waals surface area contributed by atoms with E-state index in [9.17, 15) is 0 Å². The van der Waals surface area contributed by atoms with Gasteiger partial charge in [0.25, 0.3) is 0 Å². The average molecular weight is 364 g/mol. The number of methoxy groups -OCH3 is 1. The van der Waals surface area contributed by atoms with Crippen LogP contribution in [0.1, 0.15) is 11.1 Å². The number of piperazine rings is 1. The number of aromatic nitrogens is 4. The Bertz CT molecular complexity index is 887. The van der Waals surface area contributed by atoms with Crippen LogP contribution in [-0.2, 0) is 6.54 Å². The van der Waals surface area contributed by atoms with Crippen LogP contribution in [0, 0.1) is 6.92 Å². The van der Waals surface area contributed by atoms with Gasteiger partial charge in [0.15, 0.2) is 0 Å². The second-order valence-electron chi connectivity index (χ2n) is 6.74. The minimum atomic E-state index is 0.603. The minimum absolute atomic E-state index is 0.603. The fourth-order valence-corrected chi connectivity index (χ4v) is 3.42. The molecule has 3 heterocycles. The summed E-state index contributed by atoms with van der Waals surface area (Å²) in [6, 6.07) is 10.3. The van der Waals surface area contributed by atoms with Crippen LogP contribution >= 0.6 is 0 Å². The van der Waals surface area contributed by atoms with Gasteiger partial charge in [0.05, 0.1) is 12.8 Å². The number of hydrogen-bond donors (Lipinski definition) is 0.